The van der Waals surface area contributed by atoms with Gasteiger partial charge in [-0.2, -0.15) is 0 Å². The third-order valence-corrected chi connectivity index (χ3v) is 2.40. The van der Waals surface area contributed by atoms with Crippen molar-refractivity contribution in [3.05, 3.63) is 0 Å². The summed E-state index contributed by atoms with van der Waals surface area (Å²) in [4.78, 5) is 2.25. The quantitative estimate of drug-likeness (QED) is 0.556. The first-order valence-corrected chi connectivity index (χ1v) is 3.58. The summed E-state index contributed by atoms with van der Waals surface area (Å²) in [7, 11) is 2.08. The van der Waals surface area contributed by atoms with Crippen molar-refractivity contribution in [2.24, 2.45) is 0 Å². The van der Waals surface area contributed by atoms with Gasteiger partial charge in [0.2, 0.25) is 0 Å². The average Bonchev–Trinajstić information content (AvgIpc) is 2.15. The van der Waals surface area contributed by atoms with Gasteiger partial charge in [-0.3, -0.25) is 4.90 Å². The zero-order valence-electron chi connectivity index (χ0n) is 6.17. The van der Waals surface area contributed by atoms with E-state index in [0.29, 0.717) is 18.7 Å². The fourth-order valence-electron chi connectivity index (χ4n) is 1.42. The highest BCUT2D eigenvalue weighted by atomic mass is 16.3. The second-order valence-electron chi connectivity index (χ2n) is 2.93. The van der Waals surface area contributed by atoms with Crippen LogP contribution in [0.2, 0.25) is 0 Å². The molecule has 0 unspecified atom stereocenters. The summed E-state index contributed by atoms with van der Waals surface area (Å²) in [5, 5.41) is 8.81. The Balaban J connectivity index is 2.41. The average molecular weight is 129 g/mol. The molecule has 2 heteroatoms. The Morgan fingerprint density at radius 1 is 1.56 bits per heavy atom. The summed E-state index contributed by atoms with van der Waals surface area (Å²) < 4.78 is 0. The van der Waals surface area contributed by atoms with Gasteiger partial charge in [0, 0.05) is 12.1 Å². The van der Waals surface area contributed by atoms with Gasteiger partial charge in [-0.05, 0) is 26.8 Å². The van der Waals surface area contributed by atoms with Crippen LogP contribution in [0.4, 0.5) is 0 Å². The maximum atomic E-state index is 8.81. The van der Waals surface area contributed by atoms with E-state index in [1.165, 1.54) is 6.42 Å². The van der Waals surface area contributed by atoms with Crippen molar-refractivity contribution in [3.63, 3.8) is 0 Å². The predicted octanol–water partition coefficient (Wildman–Crippen LogP) is 0.461. The van der Waals surface area contributed by atoms with E-state index in [1.807, 2.05) is 0 Å². The van der Waals surface area contributed by atoms with Gasteiger partial charge in [-0.1, -0.05) is 0 Å². The number of nitrogens with zero attached hydrogens (tertiary/aromatic N) is 1. The molecule has 1 heterocycles. The van der Waals surface area contributed by atoms with E-state index in [2.05, 4.69) is 18.9 Å². The molecule has 1 fully saturated rings. The lowest BCUT2D eigenvalue weighted by atomic mass is 10.2. The van der Waals surface area contributed by atoms with Crippen LogP contribution in [0.3, 0.4) is 0 Å². The van der Waals surface area contributed by atoms with Gasteiger partial charge in [0.1, 0.15) is 0 Å². The Morgan fingerprint density at radius 3 is 2.44 bits per heavy atom. The van der Waals surface area contributed by atoms with Crippen LogP contribution < -0.4 is 0 Å². The second kappa shape index (κ2) is 2.67. The molecule has 0 aromatic heterocycles. The molecule has 1 saturated heterocycles. The molecular formula is C7H15NO. The molecular weight excluding hydrogens is 114 g/mol. The van der Waals surface area contributed by atoms with Crippen LogP contribution >= 0.6 is 0 Å². The monoisotopic (exact) mass is 129 g/mol. The van der Waals surface area contributed by atoms with E-state index >= 15 is 0 Å². The van der Waals surface area contributed by atoms with Gasteiger partial charge in [-0.15, -0.1) is 0 Å². The first-order chi connectivity index (χ1) is 4.25. The molecule has 0 aromatic carbocycles. The fourth-order valence-corrected chi connectivity index (χ4v) is 1.42. The zero-order chi connectivity index (χ0) is 6.85. The summed E-state index contributed by atoms with van der Waals surface area (Å²) in [5.41, 5.74) is 0. The van der Waals surface area contributed by atoms with Crippen molar-refractivity contribution in [1.29, 1.82) is 0 Å². The molecule has 2 nitrogen and oxygen atoms in total. The molecule has 0 spiro atoms. The number of likely N-dealkylation sites (N-methyl/N-ethyl adjacent to an activating group) is 1. The van der Waals surface area contributed by atoms with Gasteiger partial charge in [0.25, 0.3) is 0 Å². The third-order valence-electron chi connectivity index (χ3n) is 2.40. The Morgan fingerprint density at radius 2 is 2.22 bits per heavy atom. The van der Waals surface area contributed by atoms with Crippen LogP contribution in [0.5, 0.6) is 0 Å². The molecule has 54 valence electrons. The normalized spacial score (nSPS) is 37.7. The standard InChI is InChI=1S/C7H15NO/c1-6-3-4-7(5-9)8(6)2/h6-7,9H,3-5H2,1-2H3/t6-,7-/m0/s1. The Labute approximate surface area is 56.5 Å². The highest BCUT2D eigenvalue weighted by molar-refractivity contribution is 4.81. The van der Waals surface area contributed by atoms with Gasteiger partial charge in [-0.25, -0.2) is 0 Å². The van der Waals surface area contributed by atoms with E-state index in [4.69, 9.17) is 5.11 Å². The first kappa shape index (κ1) is 7.03. The van der Waals surface area contributed by atoms with Gasteiger partial charge in [0.15, 0.2) is 0 Å². The lowest BCUT2D eigenvalue weighted by molar-refractivity contribution is 0.161. The summed E-state index contributed by atoms with van der Waals surface area (Å²) in [6.45, 7) is 2.52. The molecule has 1 N–H and O–H groups in total. The minimum absolute atomic E-state index is 0.320. The van der Waals surface area contributed by atoms with E-state index < -0.39 is 0 Å². The number of rotatable bonds is 1. The summed E-state index contributed by atoms with van der Waals surface area (Å²) >= 11 is 0. The molecule has 1 rings (SSSR count). The molecule has 1 aliphatic heterocycles. The molecule has 2 atom stereocenters. The number of hydrogen-bond acceptors (Lipinski definition) is 2. The van der Waals surface area contributed by atoms with E-state index in [9.17, 15) is 0 Å². The first-order valence-electron chi connectivity index (χ1n) is 3.58. The molecule has 0 saturated carbocycles. The van der Waals surface area contributed by atoms with Crippen LogP contribution in [0.15, 0.2) is 0 Å². The molecule has 0 aromatic rings. The van der Waals surface area contributed by atoms with Crippen molar-refractivity contribution in [2.75, 3.05) is 13.7 Å². The van der Waals surface area contributed by atoms with Crippen LogP contribution in [0, 0.1) is 0 Å². The van der Waals surface area contributed by atoms with Crippen LogP contribution in [-0.4, -0.2) is 35.7 Å². The summed E-state index contributed by atoms with van der Waals surface area (Å²) in [6, 6.07) is 1.10. The molecule has 0 amide bonds. The smallest absolute Gasteiger partial charge is 0.0586 e. The highest BCUT2D eigenvalue weighted by Crippen LogP contribution is 2.20. The summed E-state index contributed by atoms with van der Waals surface area (Å²) in [5.74, 6) is 0. The largest absolute Gasteiger partial charge is 0.395 e. The van der Waals surface area contributed by atoms with Crippen LogP contribution in [-0.2, 0) is 0 Å². The number of likely N-dealkylation sites (tertiary alicyclic amines) is 1. The van der Waals surface area contributed by atoms with Crippen LogP contribution in [0.25, 0.3) is 0 Å². The molecule has 0 bridgehead atoms. The van der Waals surface area contributed by atoms with Crippen molar-refractivity contribution in [2.45, 2.75) is 31.8 Å². The Bertz CT molecular complexity index is 94.9. The van der Waals surface area contributed by atoms with E-state index in [0.717, 1.165) is 6.42 Å². The lowest BCUT2D eigenvalue weighted by Gasteiger charge is -2.20. The minimum atomic E-state index is 0.320. The summed E-state index contributed by atoms with van der Waals surface area (Å²) in [6.07, 6.45) is 2.40. The topological polar surface area (TPSA) is 23.5 Å². The van der Waals surface area contributed by atoms with Gasteiger partial charge in [0.05, 0.1) is 6.61 Å². The fraction of sp³-hybridized carbons (Fsp3) is 1.00. The predicted molar refractivity (Wildman–Crippen MR) is 37.3 cm³/mol. The molecule has 1 aliphatic rings. The zero-order valence-corrected chi connectivity index (χ0v) is 6.17. The number of aliphatic hydroxyl groups is 1. The van der Waals surface area contributed by atoms with Crippen LogP contribution in [0.1, 0.15) is 19.8 Å². The number of hydrogen-bond donors (Lipinski definition) is 1. The highest BCUT2D eigenvalue weighted by Gasteiger charge is 2.25. The van der Waals surface area contributed by atoms with E-state index in [-0.39, 0.29) is 0 Å². The molecule has 9 heavy (non-hydrogen) atoms. The van der Waals surface area contributed by atoms with Gasteiger partial charge >= 0.3 is 0 Å². The Hall–Kier alpha value is -0.0800. The molecule has 0 radical (unpaired) electrons. The lowest BCUT2D eigenvalue weighted by Crippen LogP contribution is -2.32. The second-order valence-corrected chi connectivity index (χ2v) is 2.93. The minimum Gasteiger partial charge on any atom is -0.395 e. The SMILES string of the molecule is C[C@H]1CC[C@@H](CO)N1C. The maximum absolute atomic E-state index is 8.81. The Kier molecular flexibility index (Phi) is 2.09. The van der Waals surface area contributed by atoms with E-state index in [1.54, 1.807) is 0 Å². The molecule has 0 aliphatic carbocycles. The van der Waals surface area contributed by atoms with Crippen molar-refractivity contribution >= 4 is 0 Å². The van der Waals surface area contributed by atoms with Crippen molar-refractivity contribution < 1.29 is 5.11 Å². The number of aliphatic hydroxyl groups excluding tert-OH is 1. The van der Waals surface area contributed by atoms with Crippen molar-refractivity contribution in [3.8, 4) is 0 Å². The van der Waals surface area contributed by atoms with Gasteiger partial charge < -0.3 is 5.11 Å². The van der Waals surface area contributed by atoms with Crippen molar-refractivity contribution in [1.82, 2.24) is 4.90 Å². The maximum Gasteiger partial charge on any atom is 0.0586 e. The third kappa shape index (κ3) is 1.25.